The van der Waals surface area contributed by atoms with Crippen LogP contribution in [0.2, 0.25) is 0 Å². The van der Waals surface area contributed by atoms with Gasteiger partial charge in [0, 0.05) is 55.4 Å². The molecule has 0 aromatic carbocycles. The van der Waals surface area contributed by atoms with Gasteiger partial charge in [-0.25, -0.2) is 0 Å². The van der Waals surface area contributed by atoms with Gasteiger partial charge in [0.2, 0.25) is 59.1 Å². The number of allylic oxidation sites excluding steroid dienone is 2. The third-order valence-electron chi connectivity index (χ3n) is 18.2. The zero-order valence-electron chi connectivity index (χ0n) is 61.3. The largest absolute Gasteiger partial charge is 0.390 e. The minimum atomic E-state index is -1.86. The third kappa shape index (κ3) is 22.4. The Morgan fingerprint density at radius 3 is 1.47 bits per heavy atom. The highest BCUT2D eigenvalue weighted by molar-refractivity contribution is 8.01. The Kier molecular flexibility index (Phi) is 33.0. The molecule has 0 spiro atoms. The lowest BCUT2D eigenvalue weighted by molar-refractivity contribution is -0.159. The number of carbonyl (C=O) groups excluding carboxylic acids is 11. The molecule has 532 valence electrons. The van der Waals surface area contributed by atoms with Crippen LogP contribution in [0.5, 0.6) is 0 Å². The number of nitrogens with zero attached hydrogens (tertiary/aromatic N) is 7. The molecule has 2 aliphatic rings. The predicted octanol–water partition coefficient (Wildman–Crippen LogP) is 4.67. The van der Waals surface area contributed by atoms with Crippen molar-refractivity contribution in [1.82, 2.24) is 60.9 Å². The van der Waals surface area contributed by atoms with E-state index in [9.17, 15) is 38.7 Å². The van der Waals surface area contributed by atoms with E-state index in [1.54, 1.807) is 47.6 Å². The lowest BCUT2D eigenvalue weighted by atomic mass is 9.91. The zero-order valence-corrected chi connectivity index (χ0v) is 62.2. The van der Waals surface area contributed by atoms with Crippen molar-refractivity contribution >= 4 is 76.7 Å². The highest BCUT2D eigenvalue weighted by Crippen LogP contribution is 2.43. The van der Waals surface area contributed by atoms with Gasteiger partial charge in [0.25, 0.3) is 5.91 Å². The van der Waals surface area contributed by atoms with Gasteiger partial charge in [-0.05, 0) is 120 Å². The maximum atomic E-state index is 16.3. The molecule has 0 radical (unpaired) electrons. The Bertz CT molecular complexity index is 2600. The van der Waals surface area contributed by atoms with Crippen molar-refractivity contribution in [3.05, 3.63) is 12.2 Å². The number of aliphatic hydroxyl groups excluding tert-OH is 1. The summed E-state index contributed by atoms with van der Waals surface area (Å²) in [7, 11) is 10.1. The second-order valence-electron chi connectivity index (χ2n) is 28.9. The molecule has 1 saturated heterocycles. The summed E-state index contributed by atoms with van der Waals surface area (Å²) in [5, 5.41) is 26.7. The van der Waals surface area contributed by atoms with Gasteiger partial charge in [0.15, 0.2) is 4.87 Å². The fourth-order valence-corrected chi connectivity index (χ4v) is 13.6. The summed E-state index contributed by atoms with van der Waals surface area (Å²) in [5.41, 5.74) is 0. The number of rotatable bonds is 19. The molecule has 3 unspecified atom stereocenters. The van der Waals surface area contributed by atoms with E-state index in [1.807, 2.05) is 75.3 Å². The first-order valence-corrected chi connectivity index (χ1v) is 34.6. The summed E-state index contributed by atoms with van der Waals surface area (Å²) in [6, 6.07) is -11.2. The van der Waals surface area contributed by atoms with Crippen LogP contribution in [0.15, 0.2) is 12.2 Å². The normalized spacial score (nSPS) is 29.0. The van der Waals surface area contributed by atoms with Crippen LogP contribution in [0.4, 0.5) is 0 Å². The van der Waals surface area contributed by atoms with Crippen molar-refractivity contribution in [1.29, 1.82) is 0 Å². The number of nitrogens with one attached hydrogen (secondary N) is 5. The average molecular weight is 1330 g/mol. The van der Waals surface area contributed by atoms with Crippen LogP contribution in [-0.4, -0.2) is 237 Å². The predicted molar refractivity (Wildman–Crippen MR) is 365 cm³/mol. The van der Waals surface area contributed by atoms with Gasteiger partial charge in [-0.2, -0.15) is 0 Å². The summed E-state index contributed by atoms with van der Waals surface area (Å²) < 4.78 is 0. The first-order valence-electron chi connectivity index (χ1n) is 33.8. The molecular weight excluding hydrogens is 1210 g/mol. The molecule has 0 bridgehead atoms. The van der Waals surface area contributed by atoms with Gasteiger partial charge in [-0.15, -0.1) is 11.8 Å². The molecule has 0 aromatic heterocycles. The summed E-state index contributed by atoms with van der Waals surface area (Å²) in [6.45, 7) is 33.6. The van der Waals surface area contributed by atoms with Crippen molar-refractivity contribution < 1.29 is 57.8 Å². The van der Waals surface area contributed by atoms with Gasteiger partial charge in [0.1, 0.15) is 54.4 Å². The van der Waals surface area contributed by atoms with Crippen LogP contribution < -0.4 is 26.6 Å². The Hall–Kier alpha value is -5.82. The lowest BCUT2D eigenvalue weighted by Crippen LogP contribution is -2.68. The Morgan fingerprint density at radius 1 is 0.559 bits per heavy atom. The third-order valence-corrected chi connectivity index (χ3v) is 20.0. The molecule has 93 heavy (non-hydrogen) atoms. The topological polar surface area (TPSA) is 291 Å². The smallest absolute Gasteiger partial charge is 0.259 e. The molecule has 2 rings (SSSR count). The number of thioether (sulfide) groups is 1. The van der Waals surface area contributed by atoms with E-state index in [2.05, 4.69) is 33.5 Å². The fraction of sp³-hybridized carbons (Fsp3) is 0.809. The summed E-state index contributed by atoms with van der Waals surface area (Å²) in [6.07, 6.45) is 3.83. The van der Waals surface area contributed by atoms with E-state index < -0.39 is 160 Å². The van der Waals surface area contributed by atoms with Crippen LogP contribution in [0.25, 0.3) is 0 Å². The highest BCUT2D eigenvalue weighted by Gasteiger charge is 2.55. The maximum Gasteiger partial charge on any atom is 0.259 e. The summed E-state index contributed by atoms with van der Waals surface area (Å²) in [5.74, 6) is -9.65. The molecule has 1 aliphatic carbocycles. The molecule has 2 fully saturated rings. The van der Waals surface area contributed by atoms with Crippen molar-refractivity contribution in [2.45, 2.75) is 253 Å². The van der Waals surface area contributed by atoms with E-state index >= 15 is 19.2 Å². The Morgan fingerprint density at radius 2 is 1.01 bits per heavy atom. The van der Waals surface area contributed by atoms with Gasteiger partial charge >= 0.3 is 0 Å². The standard InChI is InChI=1S/C68H122N12O12S/c1-27-29-30-43(15)57(82)56-61(86)72-48(28-2)63(88)74(20)36-54(81)75(21)50(31-37(3)4)60(85)73-55(41(11)12)66(91)76(22)51(32-38(5)6)59(84)69-45(17)58(83)70-46(18)62(87)77(23)52(33-39(7)8)64(89)78(24)53(34-40(9)10)65(90)80(26)68(42(13)14,67(92)79(56)25)93-47(19)71-49-35-44(49)16/h27,29,37-53,55-57,71,82H,28,30-36H2,1-26H3,(H,69,84)(H,70,83)(H,72,86)(H,73,85)/b29-27+/t43-,44?,45+,46-,47?,48+,49?,50+,51+,52+,53+,55+,56+,57-,68+/m1/s1. The fourth-order valence-electron chi connectivity index (χ4n) is 12.0. The van der Waals surface area contributed by atoms with Crippen molar-refractivity contribution in [3.8, 4) is 0 Å². The van der Waals surface area contributed by atoms with Gasteiger partial charge in [-0.1, -0.05) is 116 Å². The molecule has 25 heteroatoms. The van der Waals surface area contributed by atoms with Crippen molar-refractivity contribution in [2.75, 3.05) is 55.9 Å². The van der Waals surface area contributed by atoms with Crippen molar-refractivity contribution in [3.63, 3.8) is 0 Å². The minimum absolute atomic E-state index is 0.00892. The van der Waals surface area contributed by atoms with Crippen molar-refractivity contribution in [2.24, 2.45) is 47.3 Å². The molecular formula is C68H122N12O12S. The monoisotopic (exact) mass is 1330 g/mol. The minimum Gasteiger partial charge on any atom is -0.390 e. The van der Waals surface area contributed by atoms with E-state index in [4.69, 9.17) is 0 Å². The Labute approximate surface area is 561 Å². The SMILES string of the molecule is C/C=C/C[C@@H](C)[C@@H](O)[C@H]1C(=O)N[C@@H](CC)C(=O)N(C)CC(=O)N(C)[C@@H](CC(C)C)C(=O)N[C@@H](C(C)C)C(=O)N(C)[C@@H](CC(C)C)C(=O)N[C@@H](C)C(=O)N[C@H](C)C(=O)N(C)[C@@H](CC(C)C)C(=O)N(C)[C@@H](CC(C)C)C(=O)N(C)[C@](SC(C)NC2CC2C)(C(C)C)C(=O)N1C. The quantitative estimate of drug-likeness (QED) is 0.0757. The number of likely N-dealkylation sites (N-methyl/N-ethyl adjacent to an activating group) is 7. The maximum absolute atomic E-state index is 16.3. The number of carbonyl (C=O) groups is 11. The number of amides is 11. The second kappa shape index (κ2) is 36.9. The van der Waals surface area contributed by atoms with Gasteiger partial charge in [0.05, 0.1) is 18.0 Å². The van der Waals surface area contributed by atoms with Gasteiger partial charge < -0.3 is 66.0 Å². The lowest BCUT2D eigenvalue weighted by Gasteiger charge is -2.49. The number of hydrogen-bond acceptors (Lipinski definition) is 14. The second-order valence-corrected chi connectivity index (χ2v) is 30.5. The van der Waals surface area contributed by atoms with Crippen LogP contribution in [0, 0.1) is 47.3 Å². The zero-order chi connectivity index (χ0) is 71.8. The molecule has 1 aliphatic heterocycles. The van der Waals surface area contributed by atoms with Crippen LogP contribution in [0.1, 0.15) is 176 Å². The summed E-state index contributed by atoms with van der Waals surface area (Å²) >= 11 is 1.18. The van der Waals surface area contributed by atoms with E-state index in [0.29, 0.717) is 12.3 Å². The highest BCUT2D eigenvalue weighted by atomic mass is 32.2. The van der Waals surface area contributed by atoms with Crippen LogP contribution in [-0.2, 0) is 52.7 Å². The molecule has 1 saturated carbocycles. The van der Waals surface area contributed by atoms with E-state index in [1.165, 1.54) is 99.4 Å². The van der Waals surface area contributed by atoms with E-state index in [0.717, 1.165) is 16.2 Å². The van der Waals surface area contributed by atoms with Crippen LogP contribution >= 0.6 is 11.8 Å². The summed E-state index contributed by atoms with van der Waals surface area (Å²) in [4.78, 5) is 171. The molecule has 1 heterocycles. The molecule has 11 amide bonds. The first-order chi connectivity index (χ1) is 43.0. The average Bonchev–Trinajstić information content (AvgIpc) is 1.59. The van der Waals surface area contributed by atoms with E-state index in [-0.39, 0.29) is 61.8 Å². The number of aliphatic hydroxyl groups is 1. The molecule has 6 N–H and O–H groups in total. The van der Waals surface area contributed by atoms with Gasteiger partial charge in [-0.3, -0.25) is 52.7 Å². The number of hydrogen-bond donors (Lipinski definition) is 6. The molecule has 15 atom stereocenters. The van der Waals surface area contributed by atoms with Crippen LogP contribution in [0.3, 0.4) is 0 Å². The Balaban J connectivity index is 3.14. The first kappa shape index (κ1) is 83.3. The molecule has 0 aromatic rings. The molecule has 24 nitrogen and oxygen atoms in total.